The second-order valence-corrected chi connectivity index (χ2v) is 8.42. The van der Waals surface area contributed by atoms with Gasteiger partial charge in [-0.3, -0.25) is 24.7 Å². The van der Waals surface area contributed by atoms with Gasteiger partial charge in [-0.25, -0.2) is 4.79 Å². The van der Waals surface area contributed by atoms with E-state index in [4.69, 9.17) is 4.74 Å². The summed E-state index contributed by atoms with van der Waals surface area (Å²) in [5.74, 6) is -1.30. The third-order valence-electron chi connectivity index (χ3n) is 4.80. The number of carbonyl (C=O) groups is 4. The van der Waals surface area contributed by atoms with Crippen molar-refractivity contribution in [3.8, 4) is 0 Å². The molecule has 2 aliphatic rings. The summed E-state index contributed by atoms with van der Waals surface area (Å²) in [5, 5.41) is 8.17. The maximum Gasteiger partial charge on any atom is 0.410 e. The number of carbonyl (C=O) groups excluding carboxylic acids is 4. The first kappa shape index (κ1) is 21.7. The van der Waals surface area contributed by atoms with Gasteiger partial charge in [-0.2, -0.15) is 0 Å². The van der Waals surface area contributed by atoms with Crippen LogP contribution in [0.1, 0.15) is 55.6 Å². The van der Waals surface area contributed by atoms with Crippen LogP contribution in [0.15, 0.2) is 18.5 Å². The second kappa shape index (κ2) is 8.78. The summed E-state index contributed by atoms with van der Waals surface area (Å²) >= 11 is 0. The number of hydrogen-bond donors (Lipinski definition) is 3. The van der Waals surface area contributed by atoms with Crippen LogP contribution in [0.5, 0.6) is 0 Å². The van der Waals surface area contributed by atoms with Gasteiger partial charge in [0.25, 0.3) is 5.91 Å². The SMILES string of the molecule is CC(C)(C)OC(=O)N1CCNC(c2cncc(C(=O)NC3CCC(=O)NC3=O)c2)C1. The van der Waals surface area contributed by atoms with Crippen LogP contribution in [0.25, 0.3) is 0 Å². The molecule has 0 bridgehead atoms. The Hall–Kier alpha value is -3.01. The van der Waals surface area contributed by atoms with E-state index in [2.05, 4.69) is 20.9 Å². The Morgan fingerprint density at radius 2 is 2.03 bits per heavy atom. The van der Waals surface area contributed by atoms with Crippen molar-refractivity contribution in [2.75, 3.05) is 19.6 Å². The minimum Gasteiger partial charge on any atom is -0.444 e. The zero-order valence-corrected chi connectivity index (χ0v) is 17.4. The molecule has 3 rings (SSSR count). The van der Waals surface area contributed by atoms with E-state index in [1.165, 1.54) is 6.20 Å². The van der Waals surface area contributed by atoms with Gasteiger partial charge < -0.3 is 20.3 Å². The Kier molecular flexibility index (Phi) is 6.35. The summed E-state index contributed by atoms with van der Waals surface area (Å²) in [7, 11) is 0. The van der Waals surface area contributed by atoms with Gasteiger partial charge in [0.1, 0.15) is 11.6 Å². The first-order chi connectivity index (χ1) is 14.1. The van der Waals surface area contributed by atoms with Crippen LogP contribution < -0.4 is 16.0 Å². The van der Waals surface area contributed by atoms with Crippen molar-refractivity contribution in [2.24, 2.45) is 0 Å². The van der Waals surface area contributed by atoms with E-state index >= 15 is 0 Å². The standard InChI is InChI=1S/C20H27N5O5/c1-20(2,3)30-19(29)25-7-6-22-15(11-25)12-8-13(10-21-9-12)17(27)23-14-4-5-16(26)24-18(14)28/h8-10,14-15,22H,4-7,11H2,1-3H3,(H,23,27)(H,24,26,28). The first-order valence-corrected chi connectivity index (χ1v) is 9.93. The number of pyridine rings is 1. The van der Waals surface area contributed by atoms with Gasteiger partial charge >= 0.3 is 6.09 Å². The van der Waals surface area contributed by atoms with Crippen LogP contribution in [0.4, 0.5) is 4.79 Å². The average Bonchev–Trinajstić information content (AvgIpc) is 2.69. The highest BCUT2D eigenvalue weighted by molar-refractivity contribution is 6.03. The normalized spacial score (nSPS) is 22.3. The summed E-state index contributed by atoms with van der Waals surface area (Å²) in [6, 6.07) is 0.723. The van der Waals surface area contributed by atoms with Crippen LogP contribution in [0.2, 0.25) is 0 Å². The van der Waals surface area contributed by atoms with E-state index in [-0.39, 0.29) is 30.9 Å². The maximum atomic E-state index is 12.6. The lowest BCUT2D eigenvalue weighted by molar-refractivity contribution is -0.134. The molecule has 2 unspecified atom stereocenters. The van der Waals surface area contributed by atoms with Gasteiger partial charge in [-0.1, -0.05) is 0 Å². The topological polar surface area (TPSA) is 130 Å². The predicted molar refractivity (Wildman–Crippen MR) is 106 cm³/mol. The number of piperidine rings is 1. The van der Waals surface area contributed by atoms with Gasteiger partial charge in [0, 0.05) is 38.4 Å². The van der Waals surface area contributed by atoms with E-state index in [1.807, 2.05) is 20.8 Å². The van der Waals surface area contributed by atoms with Crippen LogP contribution in [-0.2, 0) is 14.3 Å². The molecule has 10 heteroatoms. The fourth-order valence-corrected chi connectivity index (χ4v) is 3.31. The van der Waals surface area contributed by atoms with Crippen LogP contribution >= 0.6 is 0 Å². The van der Waals surface area contributed by atoms with Gasteiger partial charge in [0.2, 0.25) is 11.8 Å². The van der Waals surface area contributed by atoms with Gasteiger partial charge in [-0.15, -0.1) is 0 Å². The summed E-state index contributed by atoms with van der Waals surface area (Å²) in [4.78, 5) is 53.8. The minimum atomic E-state index is -0.755. The number of rotatable bonds is 3. The lowest BCUT2D eigenvalue weighted by Crippen LogP contribution is -2.52. The van der Waals surface area contributed by atoms with E-state index < -0.39 is 23.5 Å². The predicted octanol–water partition coefficient (Wildman–Crippen LogP) is 0.498. The van der Waals surface area contributed by atoms with Gasteiger partial charge in [0.15, 0.2) is 0 Å². The summed E-state index contributed by atoms with van der Waals surface area (Å²) in [6.07, 6.45) is 3.12. The smallest absolute Gasteiger partial charge is 0.410 e. The number of nitrogens with one attached hydrogen (secondary N) is 3. The van der Waals surface area contributed by atoms with E-state index in [1.54, 1.807) is 17.2 Å². The molecule has 30 heavy (non-hydrogen) atoms. The molecule has 3 N–H and O–H groups in total. The molecular formula is C20H27N5O5. The van der Waals surface area contributed by atoms with Crippen molar-refractivity contribution in [1.82, 2.24) is 25.8 Å². The highest BCUT2D eigenvalue weighted by atomic mass is 16.6. The molecular weight excluding hydrogens is 390 g/mol. The Morgan fingerprint density at radius 3 is 2.73 bits per heavy atom. The number of imide groups is 1. The molecule has 0 saturated carbocycles. The number of nitrogens with zero attached hydrogens (tertiary/aromatic N) is 2. The molecule has 2 saturated heterocycles. The number of amides is 4. The molecule has 2 atom stereocenters. The molecule has 0 radical (unpaired) electrons. The van der Waals surface area contributed by atoms with Gasteiger partial charge in [0.05, 0.1) is 11.6 Å². The number of piperazine rings is 1. The van der Waals surface area contributed by atoms with Crippen molar-refractivity contribution in [1.29, 1.82) is 0 Å². The third-order valence-corrected chi connectivity index (χ3v) is 4.80. The van der Waals surface area contributed by atoms with E-state index in [0.29, 0.717) is 25.2 Å². The molecule has 0 aromatic carbocycles. The number of ether oxygens (including phenoxy) is 1. The lowest BCUT2D eigenvalue weighted by atomic mass is 10.0. The molecule has 162 valence electrons. The summed E-state index contributed by atoms with van der Waals surface area (Å²) in [6.45, 7) is 6.94. The maximum absolute atomic E-state index is 12.6. The van der Waals surface area contributed by atoms with E-state index in [9.17, 15) is 19.2 Å². The number of hydrogen-bond acceptors (Lipinski definition) is 7. The van der Waals surface area contributed by atoms with Crippen LogP contribution in [-0.4, -0.2) is 65.0 Å². The summed E-state index contributed by atoms with van der Waals surface area (Å²) in [5.41, 5.74) is 0.472. The minimum absolute atomic E-state index is 0.182. The Balaban J connectivity index is 1.65. The monoisotopic (exact) mass is 417 g/mol. The van der Waals surface area contributed by atoms with Crippen molar-refractivity contribution >= 4 is 23.8 Å². The molecule has 1 aromatic heterocycles. The van der Waals surface area contributed by atoms with Crippen molar-refractivity contribution in [3.63, 3.8) is 0 Å². The Morgan fingerprint density at radius 1 is 1.27 bits per heavy atom. The first-order valence-electron chi connectivity index (χ1n) is 9.93. The Labute approximate surface area is 174 Å². The highest BCUT2D eigenvalue weighted by Crippen LogP contribution is 2.20. The van der Waals surface area contributed by atoms with Crippen LogP contribution in [0, 0.1) is 0 Å². The van der Waals surface area contributed by atoms with Crippen molar-refractivity contribution in [3.05, 3.63) is 29.6 Å². The second-order valence-electron chi connectivity index (χ2n) is 8.42. The van der Waals surface area contributed by atoms with Crippen LogP contribution in [0.3, 0.4) is 0 Å². The van der Waals surface area contributed by atoms with Crippen molar-refractivity contribution < 1.29 is 23.9 Å². The molecule has 0 spiro atoms. The fraction of sp³-hybridized carbons (Fsp3) is 0.550. The fourth-order valence-electron chi connectivity index (χ4n) is 3.31. The lowest BCUT2D eigenvalue weighted by Gasteiger charge is -2.35. The number of aromatic nitrogens is 1. The average molecular weight is 417 g/mol. The molecule has 2 fully saturated rings. The summed E-state index contributed by atoms with van der Waals surface area (Å²) < 4.78 is 5.44. The molecule has 0 aliphatic carbocycles. The molecule has 4 amide bonds. The third kappa shape index (κ3) is 5.53. The van der Waals surface area contributed by atoms with Crippen molar-refractivity contribution in [2.45, 2.75) is 51.3 Å². The molecule has 3 heterocycles. The Bertz CT molecular complexity index is 850. The van der Waals surface area contributed by atoms with E-state index in [0.717, 1.165) is 5.56 Å². The molecule has 1 aromatic rings. The quantitative estimate of drug-likeness (QED) is 0.611. The zero-order valence-electron chi connectivity index (χ0n) is 17.4. The highest BCUT2D eigenvalue weighted by Gasteiger charge is 2.30. The molecule has 10 nitrogen and oxygen atoms in total. The zero-order chi connectivity index (χ0) is 21.9. The largest absolute Gasteiger partial charge is 0.444 e. The van der Waals surface area contributed by atoms with Gasteiger partial charge in [-0.05, 0) is 38.8 Å². The molecule has 2 aliphatic heterocycles.